The normalized spacial score (nSPS) is 25.8. The van der Waals surface area contributed by atoms with Crippen molar-refractivity contribution < 1.29 is 4.79 Å². The van der Waals surface area contributed by atoms with Gasteiger partial charge < -0.3 is 15.5 Å². The lowest BCUT2D eigenvalue weighted by atomic mass is 9.83. The molecule has 1 rings (SSSR count). The SMILES string of the molecule is CCN(CC)CCN(CC(C)C)C(=O)C1(C)CCCC1N. The number of carbonyl (C=O) groups excluding carboxylic acids is 1. The van der Waals surface area contributed by atoms with Gasteiger partial charge in [0.2, 0.25) is 5.91 Å². The van der Waals surface area contributed by atoms with Crippen LogP contribution in [0.2, 0.25) is 0 Å². The first-order chi connectivity index (χ1) is 9.85. The molecule has 4 nitrogen and oxygen atoms in total. The zero-order chi connectivity index (χ0) is 16.0. The number of nitrogens with two attached hydrogens (primary N) is 1. The Morgan fingerprint density at radius 3 is 2.33 bits per heavy atom. The molecule has 0 heterocycles. The Balaban J connectivity index is 2.74. The summed E-state index contributed by atoms with van der Waals surface area (Å²) < 4.78 is 0. The lowest BCUT2D eigenvalue weighted by Crippen LogP contribution is -2.51. The van der Waals surface area contributed by atoms with Crippen molar-refractivity contribution in [2.24, 2.45) is 17.1 Å². The molecule has 2 atom stereocenters. The van der Waals surface area contributed by atoms with Gasteiger partial charge in [0.15, 0.2) is 0 Å². The van der Waals surface area contributed by atoms with Gasteiger partial charge in [0.05, 0.1) is 5.41 Å². The standard InChI is InChI=1S/C17H35N3O/c1-6-19(7-2)11-12-20(13-14(3)4)16(21)17(5)10-8-9-15(17)18/h14-15H,6-13,18H2,1-5H3. The van der Waals surface area contributed by atoms with Crippen molar-refractivity contribution in [2.75, 3.05) is 32.7 Å². The van der Waals surface area contributed by atoms with Gasteiger partial charge >= 0.3 is 0 Å². The number of rotatable bonds is 8. The molecule has 21 heavy (non-hydrogen) atoms. The first-order valence-electron chi connectivity index (χ1n) is 8.62. The smallest absolute Gasteiger partial charge is 0.230 e. The van der Waals surface area contributed by atoms with E-state index in [2.05, 4.69) is 44.4 Å². The van der Waals surface area contributed by atoms with Gasteiger partial charge in [0, 0.05) is 25.7 Å². The van der Waals surface area contributed by atoms with E-state index in [1.807, 2.05) is 0 Å². The van der Waals surface area contributed by atoms with Crippen molar-refractivity contribution in [2.45, 2.75) is 59.9 Å². The van der Waals surface area contributed by atoms with Crippen LogP contribution in [0.1, 0.15) is 53.9 Å². The molecule has 0 bridgehead atoms. The van der Waals surface area contributed by atoms with E-state index in [1.54, 1.807) is 0 Å². The maximum absolute atomic E-state index is 13.0. The average molecular weight is 297 g/mol. The Kier molecular flexibility index (Phi) is 7.14. The predicted octanol–water partition coefficient (Wildman–Crippen LogP) is 2.33. The molecule has 0 radical (unpaired) electrons. The molecule has 1 aliphatic carbocycles. The van der Waals surface area contributed by atoms with Crippen LogP contribution in [0, 0.1) is 11.3 Å². The fourth-order valence-electron chi connectivity index (χ4n) is 3.34. The van der Waals surface area contributed by atoms with Crippen LogP contribution in [0.3, 0.4) is 0 Å². The summed E-state index contributed by atoms with van der Waals surface area (Å²) in [6.45, 7) is 15.5. The Bertz CT molecular complexity index is 328. The zero-order valence-electron chi connectivity index (χ0n) is 14.7. The van der Waals surface area contributed by atoms with Crippen molar-refractivity contribution in [3.63, 3.8) is 0 Å². The molecular formula is C17H35N3O. The highest BCUT2D eigenvalue weighted by atomic mass is 16.2. The second kappa shape index (κ2) is 8.14. The predicted molar refractivity (Wildman–Crippen MR) is 89.1 cm³/mol. The van der Waals surface area contributed by atoms with E-state index in [-0.39, 0.29) is 17.4 Å². The third-order valence-corrected chi connectivity index (χ3v) is 4.97. The fourth-order valence-corrected chi connectivity index (χ4v) is 3.34. The van der Waals surface area contributed by atoms with E-state index in [1.165, 1.54) is 0 Å². The molecule has 124 valence electrons. The van der Waals surface area contributed by atoms with Crippen molar-refractivity contribution in [1.29, 1.82) is 0 Å². The quantitative estimate of drug-likeness (QED) is 0.748. The van der Waals surface area contributed by atoms with E-state index in [4.69, 9.17) is 5.73 Å². The van der Waals surface area contributed by atoms with Crippen LogP contribution in [-0.4, -0.2) is 54.5 Å². The minimum absolute atomic E-state index is 0.0214. The van der Waals surface area contributed by atoms with Gasteiger partial charge in [-0.25, -0.2) is 0 Å². The van der Waals surface area contributed by atoms with Gasteiger partial charge in [0.1, 0.15) is 0 Å². The summed E-state index contributed by atoms with van der Waals surface area (Å²) in [5.41, 5.74) is 5.88. The van der Waals surface area contributed by atoms with Gasteiger partial charge in [-0.1, -0.05) is 34.1 Å². The maximum Gasteiger partial charge on any atom is 0.230 e. The molecule has 0 aromatic carbocycles. The van der Waals surface area contributed by atoms with Gasteiger partial charge in [-0.3, -0.25) is 4.79 Å². The topological polar surface area (TPSA) is 49.6 Å². The van der Waals surface area contributed by atoms with E-state index in [0.717, 1.165) is 52.0 Å². The first kappa shape index (κ1) is 18.4. The largest absolute Gasteiger partial charge is 0.341 e. The van der Waals surface area contributed by atoms with Crippen molar-refractivity contribution >= 4 is 5.91 Å². The summed E-state index contributed by atoms with van der Waals surface area (Å²) >= 11 is 0. The second-order valence-electron chi connectivity index (χ2n) is 7.09. The van der Waals surface area contributed by atoms with Crippen LogP contribution < -0.4 is 5.73 Å². The summed E-state index contributed by atoms with van der Waals surface area (Å²) in [7, 11) is 0. The number of hydrogen-bond acceptors (Lipinski definition) is 3. The maximum atomic E-state index is 13.0. The molecule has 1 fully saturated rings. The first-order valence-corrected chi connectivity index (χ1v) is 8.62. The van der Waals surface area contributed by atoms with E-state index < -0.39 is 0 Å². The number of likely N-dealkylation sites (N-methyl/N-ethyl adjacent to an activating group) is 1. The summed E-state index contributed by atoms with van der Waals surface area (Å²) in [4.78, 5) is 17.5. The minimum atomic E-state index is -0.349. The molecule has 0 aromatic heterocycles. The van der Waals surface area contributed by atoms with Crippen LogP contribution in [0.5, 0.6) is 0 Å². The van der Waals surface area contributed by atoms with Crippen LogP contribution in [0.4, 0.5) is 0 Å². The van der Waals surface area contributed by atoms with E-state index >= 15 is 0 Å². The van der Waals surface area contributed by atoms with Crippen molar-refractivity contribution in [1.82, 2.24) is 9.80 Å². The van der Waals surface area contributed by atoms with Gasteiger partial charge in [-0.15, -0.1) is 0 Å². The molecule has 1 amide bonds. The van der Waals surface area contributed by atoms with Crippen molar-refractivity contribution in [3.8, 4) is 0 Å². The highest BCUT2D eigenvalue weighted by Crippen LogP contribution is 2.38. The molecule has 0 spiro atoms. The molecule has 2 unspecified atom stereocenters. The highest BCUT2D eigenvalue weighted by molar-refractivity contribution is 5.83. The van der Waals surface area contributed by atoms with Crippen LogP contribution >= 0.6 is 0 Å². The third kappa shape index (κ3) is 4.68. The molecule has 0 aromatic rings. The molecule has 1 aliphatic rings. The number of carbonyl (C=O) groups is 1. The average Bonchev–Trinajstić information content (AvgIpc) is 2.78. The Morgan fingerprint density at radius 2 is 1.90 bits per heavy atom. The van der Waals surface area contributed by atoms with Gasteiger partial charge in [-0.2, -0.15) is 0 Å². The molecule has 2 N–H and O–H groups in total. The summed E-state index contributed by atoms with van der Waals surface area (Å²) in [5, 5.41) is 0. The fraction of sp³-hybridized carbons (Fsp3) is 0.941. The highest BCUT2D eigenvalue weighted by Gasteiger charge is 2.45. The summed E-state index contributed by atoms with van der Waals surface area (Å²) in [5.74, 6) is 0.764. The molecular weight excluding hydrogens is 262 g/mol. The molecule has 1 saturated carbocycles. The second-order valence-corrected chi connectivity index (χ2v) is 7.09. The molecule has 4 heteroatoms. The van der Waals surface area contributed by atoms with Gasteiger partial charge in [0.25, 0.3) is 0 Å². The number of amides is 1. The zero-order valence-corrected chi connectivity index (χ0v) is 14.7. The van der Waals surface area contributed by atoms with Crippen LogP contribution in [0.15, 0.2) is 0 Å². The monoisotopic (exact) mass is 297 g/mol. The lowest BCUT2D eigenvalue weighted by molar-refractivity contribution is -0.142. The van der Waals surface area contributed by atoms with Crippen LogP contribution in [-0.2, 0) is 4.79 Å². The number of nitrogens with zero attached hydrogens (tertiary/aromatic N) is 2. The Morgan fingerprint density at radius 1 is 1.29 bits per heavy atom. The van der Waals surface area contributed by atoms with Gasteiger partial charge in [-0.05, 0) is 38.8 Å². The van der Waals surface area contributed by atoms with E-state index in [0.29, 0.717) is 5.92 Å². The third-order valence-electron chi connectivity index (χ3n) is 4.97. The van der Waals surface area contributed by atoms with Crippen LogP contribution in [0.25, 0.3) is 0 Å². The van der Waals surface area contributed by atoms with Crippen molar-refractivity contribution in [3.05, 3.63) is 0 Å². The number of hydrogen-bond donors (Lipinski definition) is 1. The van der Waals surface area contributed by atoms with E-state index in [9.17, 15) is 4.79 Å². The minimum Gasteiger partial charge on any atom is -0.341 e. The molecule has 0 saturated heterocycles. The summed E-state index contributed by atoms with van der Waals surface area (Å²) in [6, 6.07) is 0.0214. The summed E-state index contributed by atoms with van der Waals surface area (Å²) in [6.07, 6.45) is 3.00. The Labute approximate surface area is 131 Å². The lowest BCUT2D eigenvalue weighted by Gasteiger charge is -2.36. The Hall–Kier alpha value is -0.610. The molecule has 0 aliphatic heterocycles.